The van der Waals surface area contributed by atoms with Crippen LogP contribution in [0.1, 0.15) is 45.4 Å². The molecule has 1 fully saturated rings. The van der Waals surface area contributed by atoms with Crippen molar-refractivity contribution in [2.45, 2.75) is 61.6 Å². The lowest BCUT2D eigenvalue weighted by Gasteiger charge is -2.29. The first-order valence-corrected chi connectivity index (χ1v) is 9.71. The molecule has 1 aromatic carbocycles. The minimum atomic E-state index is -3.31. The summed E-state index contributed by atoms with van der Waals surface area (Å²) in [5.74, 6) is 0. The van der Waals surface area contributed by atoms with Gasteiger partial charge < -0.3 is 5.32 Å². The Morgan fingerprint density at radius 3 is 2.33 bits per heavy atom. The summed E-state index contributed by atoms with van der Waals surface area (Å²) in [6.45, 7) is 2.84. The smallest absolute Gasteiger partial charge is 0.182 e. The van der Waals surface area contributed by atoms with Crippen LogP contribution in [0.15, 0.2) is 29.2 Å². The molecule has 0 saturated heterocycles. The third-order valence-corrected chi connectivity index (χ3v) is 6.75. The summed E-state index contributed by atoms with van der Waals surface area (Å²) in [6.07, 6.45) is 6.10. The van der Waals surface area contributed by atoms with Gasteiger partial charge in [-0.1, -0.05) is 44.2 Å². The zero-order chi connectivity index (χ0) is 15.3. The van der Waals surface area contributed by atoms with Gasteiger partial charge in [-0.25, -0.2) is 8.42 Å². The lowest BCUT2D eigenvalue weighted by Crippen LogP contribution is -2.44. The highest BCUT2D eigenvalue weighted by Crippen LogP contribution is 2.28. The maximum absolute atomic E-state index is 13.0. The normalized spacial score (nSPS) is 24.3. The van der Waals surface area contributed by atoms with E-state index in [-0.39, 0.29) is 11.3 Å². The van der Waals surface area contributed by atoms with Gasteiger partial charge in [0.15, 0.2) is 9.84 Å². The second kappa shape index (κ2) is 7.61. The van der Waals surface area contributed by atoms with Crippen molar-refractivity contribution in [3.63, 3.8) is 0 Å². The van der Waals surface area contributed by atoms with Crippen molar-refractivity contribution < 1.29 is 8.42 Å². The maximum Gasteiger partial charge on any atom is 0.182 e. The second-order valence-corrected chi connectivity index (χ2v) is 8.30. The van der Waals surface area contributed by atoms with Gasteiger partial charge in [0.05, 0.1) is 10.1 Å². The molecule has 1 saturated carbocycles. The van der Waals surface area contributed by atoms with E-state index in [9.17, 15) is 8.42 Å². The molecule has 118 valence electrons. The van der Waals surface area contributed by atoms with E-state index in [2.05, 4.69) is 5.32 Å². The topological polar surface area (TPSA) is 46.2 Å². The van der Waals surface area contributed by atoms with Gasteiger partial charge in [0.1, 0.15) is 0 Å². The molecule has 0 amide bonds. The maximum atomic E-state index is 13.0. The van der Waals surface area contributed by atoms with Gasteiger partial charge >= 0.3 is 0 Å². The van der Waals surface area contributed by atoms with Crippen molar-refractivity contribution in [2.24, 2.45) is 0 Å². The highest BCUT2D eigenvalue weighted by Gasteiger charge is 2.34. The molecule has 0 heterocycles. The monoisotopic (exact) mass is 329 g/mol. The number of hydrogen-bond donors (Lipinski definition) is 1. The van der Waals surface area contributed by atoms with Crippen LogP contribution in [0.4, 0.5) is 0 Å². The van der Waals surface area contributed by atoms with Crippen LogP contribution < -0.4 is 5.32 Å². The number of benzene rings is 1. The Balaban J connectivity index is 2.30. The van der Waals surface area contributed by atoms with Crippen LogP contribution in [0.5, 0.6) is 0 Å². The number of hydrogen-bond acceptors (Lipinski definition) is 3. The first-order chi connectivity index (χ1) is 10.1. The molecule has 5 heteroatoms. The first kappa shape index (κ1) is 16.8. The highest BCUT2D eigenvalue weighted by molar-refractivity contribution is 7.92. The summed E-state index contributed by atoms with van der Waals surface area (Å²) in [5.41, 5.74) is 0. The van der Waals surface area contributed by atoms with Crippen molar-refractivity contribution in [2.75, 3.05) is 6.54 Å². The van der Waals surface area contributed by atoms with Crippen LogP contribution in [0.3, 0.4) is 0 Å². The second-order valence-electron chi connectivity index (χ2n) is 5.69. The fraction of sp³-hybridized carbons (Fsp3) is 0.625. The lowest BCUT2D eigenvalue weighted by atomic mass is 9.96. The van der Waals surface area contributed by atoms with Gasteiger partial charge in [0, 0.05) is 11.1 Å². The number of halogens is 1. The van der Waals surface area contributed by atoms with E-state index in [4.69, 9.17) is 11.6 Å². The van der Waals surface area contributed by atoms with Crippen molar-refractivity contribution in [3.05, 3.63) is 29.3 Å². The molecule has 2 rings (SSSR count). The largest absolute Gasteiger partial charge is 0.313 e. The van der Waals surface area contributed by atoms with Crippen LogP contribution in [-0.4, -0.2) is 26.3 Å². The standard InChI is InChI=1S/C16H24ClNO2S/c1-2-18-15-7-5-3-4-6-8-16(15)21(19,20)14-11-9-13(17)10-12-14/h9-12,15-16,18H,2-8H2,1H3. The van der Waals surface area contributed by atoms with Crippen LogP contribution in [0.25, 0.3) is 0 Å². The van der Waals surface area contributed by atoms with Gasteiger partial charge in [-0.05, 0) is 43.7 Å². The predicted octanol–water partition coefficient (Wildman–Crippen LogP) is 3.81. The molecule has 21 heavy (non-hydrogen) atoms. The Morgan fingerprint density at radius 2 is 1.71 bits per heavy atom. The number of rotatable bonds is 4. The molecule has 0 bridgehead atoms. The number of sulfone groups is 1. The molecule has 0 spiro atoms. The molecule has 1 aliphatic carbocycles. The van der Waals surface area contributed by atoms with Crippen LogP contribution in [0.2, 0.25) is 5.02 Å². The van der Waals surface area contributed by atoms with Crippen LogP contribution in [-0.2, 0) is 9.84 Å². The first-order valence-electron chi connectivity index (χ1n) is 7.78. The van der Waals surface area contributed by atoms with Gasteiger partial charge in [0.2, 0.25) is 0 Å². The molecular formula is C16H24ClNO2S. The third-order valence-electron chi connectivity index (χ3n) is 4.21. The Hall–Kier alpha value is -0.580. The molecule has 3 nitrogen and oxygen atoms in total. The van der Waals surface area contributed by atoms with E-state index in [1.54, 1.807) is 24.3 Å². The van der Waals surface area contributed by atoms with E-state index in [0.717, 1.165) is 38.6 Å². The molecule has 0 radical (unpaired) electrons. The van der Waals surface area contributed by atoms with Crippen LogP contribution in [0, 0.1) is 0 Å². The van der Waals surface area contributed by atoms with E-state index < -0.39 is 9.84 Å². The molecule has 1 N–H and O–H groups in total. The van der Waals surface area contributed by atoms with Gasteiger partial charge in [-0.15, -0.1) is 0 Å². The summed E-state index contributed by atoms with van der Waals surface area (Å²) in [5, 5.41) is 3.61. The summed E-state index contributed by atoms with van der Waals surface area (Å²) in [4.78, 5) is 0.389. The molecule has 1 aliphatic rings. The highest BCUT2D eigenvalue weighted by atomic mass is 35.5. The van der Waals surface area contributed by atoms with Gasteiger partial charge in [-0.3, -0.25) is 0 Å². The summed E-state index contributed by atoms with van der Waals surface area (Å²) in [7, 11) is -3.31. The van der Waals surface area contributed by atoms with Crippen molar-refractivity contribution in [3.8, 4) is 0 Å². The Bertz CT molecular complexity index is 542. The zero-order valence-corrected chi connectivity index (χ0v) is 14.1. The van der Waals surface area contributed by atoms with Gasteiger partial charge in [-0.2, -0.15) is 0 Å². The van der Waals surface area contributed by atoms with Crippen molar-refractivity contribution in [1.29, 1.82) is 0 Å². The minimum Gasteiger partial charge on any atom is -0.313 e. The minimum absolute atomic E-state index is 0.0518. The Kier molecular flexibility index (Phi) is 6.08. The summed E-state index contributed by atoms with van der Waals surface area (Å²) < 4.78 is 25.9. The molecule has 1 aromatic rings. The Morgan fingerprint density at radius 1 is 1.10 bits per heavy atom. The summed E-state index contributed by atoms with van der Waals surface area (Å²) >= 11 is 5.87. The lowest BCUT2D eigenvalue weighted by molar-refractivity contribution is 0.392. The average Bonchev–Trinajstić information content (AvgIpc) is 2.42. The quantitative estimate of drug-likeness (QED) is 0.913. The zero-order valence-electron chi connectivity index (χ0n) is 12.5. The van der Waals surface area contributed by atoms with E-state index in [1.807, 2.05) is 6.92 Å². The van der Waals surface area contributed by atoms with E-state index >= 15 is 0 Å². The molecule has 2 atom stereocenters. The average molecular weight is 330 g/mol. The third kappa shape index (κ3) is 4.21. The molecule has 2 unspecified atom stereocenters. The summed E-state index contributed by atoms with van der Waals surface area (Å²) in [6, 6.07) is 6.61. The molecular weight excluding hydrogens is 306 g/mol. The fourth-order valence-electron chi connectivity index (χ4n) is 3.12. The Labute approximate surface area is 133 Å². The van der Waals surface area contributed by atoms with Crippen LogP contribution >= 0.6 is 11.6 Å². The van der Waals surface area contributed by atoms with E-state index in [1.165, 1.54) is 6.42 Å². The van der Waals surface area contributed by atoms with E-state index in [0.29, 0.717) is 9.92 Å². The SMILES string of the molecule is CCNC1CCCCCCC1S(=O)(=O)c1ccc(Cl)cc1. The predicted molar refractivity (Wildman–Crippen MR) is 87.6 cm³/mol. The molecule has 0 aliphatic heterocycles. The fourth-order valence-corrected chi connectivity index (χ4v) is 5.25. The number of nitrogens with one attached hydrogen (secondary N) is 1. The molecule has 0 aromatic heterocycles. The van der Waals surface area contributed by atoms with Gasteiger partial charge in [0.25, 0.3) is 0 Å². The van der Waals surface area contributed by atoms with Crippen molar-refractivity contribution >= 4 is 21.4 Å². The van der Waals surface area contributed by atoms with Crippen molar-refractivity contribution in [1.82, 2.24) is 5.32 Å².